The molecule has 0 spiro atoms. The fourth-order valence-corrected chi connectivity index (χ4v) is 3.00. The lowest BCUT2D eigenvalue weighted by Gasteiger charge is -2.33. The minimum Gasteiger partial charge on any atom is -0.309 e. The second-order valence-corrected chi connectivity index (χ2v) is 6.16. The molecule has 0 atom stereocenters. The van der Waals surface area contributed by atoms with Crippen LogP contribution in [0.5, 0.6) is 0 Å². The molecule has 116 valence electrons. The van der Waals surface area contributed by atoms with Gasteiger partial charge in [0.25, 0.3) is 5.91 Å². The van der Waals surface area contributed by atoms with E-state index in [1.807, 2.05) is 12.1 Å². The van der Waals surface area contributed by atoms with Crippen LogP contribution < -0.4 is 11.3 Å². The topological polar surface area (TPSA) is 61.6 Å². The van der Waals surface area contributed by atoms with Gasteiger partial charge in [0.15, 0.2) is 0 Å². The van der Waals surface area contributed by atoms with E-state index in [0.29, 0.717) is 5.56 Å². The second kappa shape index (κ2) is 7.54. The molecule has 1 aliphatic rings. The monoisotopic (exact) mass is 290 g/mol. The van der Waals surface area contributed by atoms with Gasteiger partial charge in [-0.3, -0.25) is 15.1 Å². The maximum atomic E-state index is 11.5. The highest BCUT2D eigenvalue weighted by molar-refractivity contribution is 5.93. The van der Waals surface area contributed by atoms with E-state index < -0.39 is 0 Å². The maximum Gasteiger partial charge on any atom is 0.265 e. The normalized spacial score (nSPS) is 17.1. The minimum absolute atomic E-state index is 0.235. The first-order valence-corrected chi connectivity index (χ1v) is 7.55. The van der Waals surface area contributed by atoms with Crippen LogP contribution in [0.4, 0.5) is 0 Å². The Morgan fingerprint density at radius 1 is 1.38 bits per heavy atom. The number of nitrogens with one attached hydrogen (secondary N) is 1. The van der Waals surface area contributed by atoms with Gasteiger partial charge in [0, 0.05) is 18.7 Å². The van der Waals surface area contributed by atoms with Crippen molar-refractivity contribution in [1.82, 2.24) is 15.2 Å². The molecule has 1 aromatic rings. The summed E-state index contributed by atoms with van der Waals surface area (Å²) < 4.78 is 0. The number of nitrogens with two attached hydrogens (primary N) is 1. The highest BCUT2D eigenvalue weighted by Crippen LogP contribution is 2.19. The van der Waals surface area contributed by atoms with Gasteiger partial charge in [0.05, 0.1) is 0 Å². The van der Waals surface area contributed by atoms with Crippen LogP contribution in [0.1, 0.15) is 28.8 Å². The van der Waals surface area contributed by atoms with Gasteiger partial charge in [-0.2, -0.15) is 0 Å². The quantitative estimate of drug-likeness (QED) is 0.484. The molecule has 5 nitrogen and oxygen atoms in total. The number of carbonyl (C=O) groups excluding carboxylic acids is 1. The molecular weight excluding hydrogens is 264 g/mol. The number of rotatable bonds is 5. The largest absolute Gasteiger partial charge is 0.309 e. The molecule has 0 aliphatic carbocycles. The van der Waals surface area contributed by atoms with Crippen LogP contribution in [0.2, 0.25) is 0 Å². The summed E-state index contributed by atoms with van der Waals surface area (Å²) in [5.41, 5.74) is 3.97. The third-order valence-electron chi connectivity index (χ3n) is 4.06. The zero-order valence-corrected chi connectivity index (χ0v) is 13.0. The van der Waals surface area contributed by atoms with Crippen molar-refractivity contribution in [2.24, 2.45) is 11.8 Å². The van der Waals surface area contributed by atoms with Crippen LogP contribution in [-0.2, 0) is 6.54 Å². The average molecular weight is 290 g/mol. The number of piperidine rings is 1. The van der Waals surface area contributed by atoms with Crippen molar-refractivity contribution in [3.63, 3.8) is 0 Å². The van der Waals surface area contributed by atoms with Gasteiger partial charge in [0.2, 0.25) is 0 Å². The van der Waals surface area contributed by atoms with Crippen molar-refractivity contribution in [1.29, 1.82) is 0 Å². The molecule has 0 radical (unpaired) electrons. The van der Waals surface area contributed by atoms with Crippen molar-refractivity contribution in [3.05, 3.63) is 35.4 Å². The Balaban J connectivity index is 1.87. The predicted molar refractivity (Wildman–Crippen MR) is 84.7 cm³/mol. The van der Waals surface area contributed by atoms with E-state index in [2.05, 4.69) is 35.4 Å². The van der Waals surface area contributed by atoms with Crippen molar-refractivity contribution in [2.75, 3.05) is 33.7 Å². The number of nitrogen functional groups attached to an aromatic ring is 1. The molecule has 0 bridgehead atoms. The smallest absolute Gasteiger partial charge is 0.265 e. The third kappa shape index (κ3) is 4.81. The molecule has 0 unspecified atom stereocenters. The van der Waals surface area contributed by atoms with Gasteiger partial charge in [0.1, 0.15) is 0 Å². The summed E-state index contributed by atoms with van der Waals surface area (Å²) in [5.74, 6) is 5.76. The number of hydrogen-bond donors (Lipinski definition) is 2. The van der Waals surface area contributed by atoms with Gasteiger partial charge in [-0.05, 0) is 63.6 Å². The SMILES string of the molecule is CN(C)CC1CCN(Cc2cccc(C(=O)NN)c2)CC1. The zero-order chi connectivity index (χ0) is 15.2. The third-order valence-corrected chi connectivity index (χ3v) is 4.06. The number of nitrogens with zero attached hydrogens (tertiary/aromatic N) is 2. The standard InChI is InChI=1S/C16H26N4O/c1-19(2)11-13-6-8-20(9-7-13)12-14-4-3-5-15(10-14)16(21)18-17/h3-5,10,13H,6-9,11-12,17H2,1-2H3,(H,18,21). The minimum atomic E-state index is -0.235. The molecule has 3 N–H and O–H groups in total. The van der Waals surface area contributed by atoms with Gasteiger partial charge in [-0.25, -0.2) is 5.84 Å². The van der Waals surface area contributed by atoms with Crippen molar-refractivity contribution >= 4 is 5.91 Å². The number of hydrazine groups is 1. The molecule has 1 amide bonds. The van der Waals surface area contributed by atoms with Crippen molar-refractivity contribution in [2.45, 2.75) is 19.4 Å². The number of likely N-dealkylation sites (tertiary alicyclic amines) is 1. The number of benzene rings is 1. The first kappa shape index (κ1) is 15.9. The lowest BCUT2D eigenvalue weighted by atomic mass is 9.96. The Morgan fingerprint density at radius 2 is 2.10 bits per heavy atom. The lowest BCUT2D eigenvalue weighted by molar-refractivity contribution is 0.0953. The van der Waals surface area contributed by atoms with Crippen LogP contribution in [0.15, 0.2) is 24.3 Å². The van der Waals surface area contributed by atoms with Crippen LogP contribution in [-0.4, -0.2) is 49.4 Å². The zero-order valence-electron chi connectivity index (χ0n) is 13.0. The molecule has 1 fully saturated rings. The van der Waals surface area contributed by atoms with E-state index in [1.165, 1.54) is 24.9 Å². The Hall–Kier alpha value is -1.43. The summed E-state index contributed by atoms with van der Waals surface area (Å²) >= 11 is 0. The van der Waals surface area contributed by atoms with Crippen LogP contribution in [0.25, 0.3) is 0 Å². The van der Waals surface area contributed by atoms with Gasteiger partial charge >= 0.3 is 0 Å². The first-order valence-electron chi connectivity index (χ1n) is 7.55. The highest BCUT2D eigenvalue weighted by atomic mass is 16.2. The molecule has 21 heavy (non-hydrogen) atoms. The summed E-state index contributed by atoms with van der Waals surface area (Å²) in [6.07, 6.45) is 2.50. The van der Waals surface area contributed by atoms with Crippen molar-refractivity contribution in [3.8, 4) is 0 Å². The fraction of sp³-hybridized carbons (Fsp3) is 0.562. The summed E-state index contributed by atoms with van der Waals surface area (Å²) in [6, 6.07) is 7.70. The fourth-order valence-electron chi connectivity index (χ4n) is 3.00. The molecule has 1 saturated heterocycles. The Morgan fingerprint density at radius 3 is 2.71 bits per heavy atom. The van der Waals surface area contributed by atoms with E-state index in [-0.39, 0.29) is 5.91 Å². The van der Waals surface area contributed by atoms with E-state index >= 15 is 0 Å². The number of amides is 1. The van der Waals surface area contributed by atoms with E-state index in [9.17, 15) is 4.79 Å². The first-order chi connectivity index (χ1) is 10.1. The van der Waals surface area contributed by atoms with E-state index in [0.717, 1.165) is 25.6 Å². The van der Waals surface area contributed by atoms with Gasteiger partial charge in [-0.1, -0.05) is 12.1 Å². The Kier molecular flexibility index (Phi) is 5.73. The molecule has 0 saturated carbocycles. The van der Waals surface area contributed by atoms with E-state index in [4.69, 9.17) is 5.84 Å². The molecule has 1 aliphatic heterocycles. The summed E-state index contributed by atoms with van der Waals surface area (Å²) in [5, 5.41) is 0. The molecule has 1 aromatic carbocycles. The predicted octanol–water partition coefficient (Wildman–Crippen LogP) is 1.06. The molecular formula is C16H26N4O. The van der Waals surface area contributed by atoms with Gasteiger partial charge < -0.3 is 4.90 Å². The Labute approximate surface area is 127 Å². The molecule has 0 aromatic heterocycles. The average Bonchev–Trinajstić information content (AvgIpc) is 2.48. The lowest BCUT2D eigenvalue weighted by Crippen LogP contribution is -2.36. The van der Waals surface area contributed by atoms with Crippen molar-refractivity contribution < 1.29 is 4.79 Å². The van der Waals surface area contributed by atoms with E-state index in [1.54, 1.807) is 6.07 Å². The maximum absolute atomic E-state index is 11.5. The van der Waals surface area contributed by atoms with Gasteiger partial charge in [-0.15, -0.1) is 0 Å². The molecule has 5 heteroatoms. The van der Waals surface area contributed by atoms with Crippen LogP contribution >= 0.6 is 0 Å². The number of hydrogen-bond acceptors (Lipinski definition) is 4. The second-order valence-electron chi connectivity index (χ2n) is 6.16. The highest BCUT2D eigenvalue weighted by Gasteiger charge is 2.19. The Bertz CT molecular complexity index is 467. The summed E-state index contributed by atoms with van der Waals surface area (Å²) in [7, 11) is 4.28. The summed E-state index contributed by atoms with van der Waals surface area (Å²) in [4.78, 5) is 16.3. The van der Waals surface area contributed by atoms with Crippen LogP contribution in [0, 0.1) is 5.92 Å². The van der Waals surface area contributed by atoms with Crippen LogP contribution in [0.3, 0.4) is 0 Å². The molecule has 1 heterocycles. The molecule has 2 rings (SSSR count). The number of carbonyl (C=O) groups is 1. The summed E-state index contributed by atoms with van der Waals surface area (Å²) in [6.45, 7) is 4.35.